The molecule has 1 amide bonds. The SMILES string of the molecule is CC(Sc1nnc(Cc2cccs2)n1-c1ccccc1)C(=O)Nc1cc(F)ccc1F. The fourth-order valence-corrected chi connectivity index (χ4v) is 4.52. The van der Waals surface area contributed by atoms with Crippen LogP contribution in [0.15, 0.2) is 71.2 Å². The smallest absolute Gasteiger partial charge is 0.237 e. The summed E-state index contributed by atoms with van der Waals surface area (Å²) in [7, 11) is 0. The fraction of sp³-hybridized carbons (Fsp3) is 0.136. The first-order chi connectivity index (χ1) is 15.0. The molecule has 31 heavy (non-hydrogen) atoms. The number of thioether (sulfide) groups is 1. The van der Waals surface area contributed by atoms with Crippen LogP contribution in [0.3, 0.4) is 0 Å². The first-order valence-electron chi connectivity index (χ1n) is 9.46. The van der Waals surface area contributed by atoms with E-state index in [0.717, 1.165) is 34.6 Å². The molecule has 2 heterocycles. The Balaban J connectivity index is 1.58. The largest absolute Gasteiger partial charge is 0.323 e. The maximum Gasteiger partial charge on any atom is 0.237 e. The predicted molar refractivity (Wildman–Crippen MR) is 119 cm³/mol. The van der Waals surface area contributed by atoms with Crippen molar-refractivity contribution in [3.05, 3.63) is 88.4 Å². The molecular weight excluding hydrogens is 438 g/mol. The monoisotopic (exact) mass is 456 g/mol. The van der Waals surface area contributed by atoms with E-state index in [0.29, 0.717) is 11.6 Å². The highest BCUT2D eigenvalue weighted by atomic mass is 32.2. The third-order valence-electron chi connectivity index (χ3n) is 4.46. The van der Waals surface area contributed by atoms with Crippen molar-refractivity contribution in [2.75, 3.05) is 5.32 Å². The Labute approximate surface area is 186 Å². The Hall–Kier alpha value is -3.04. The van der Waals surface area contributed by atoms with E-state index in [-0.39, 0.29) is 5.69 Å². The van der Waals surface area contributed by atoms with Crippen molar-refractivity contribution >= 4 is 34.7 Å². The highest BCUT2D eigenvalue weighted by molar-refractivity contribution is 8.00. The second-order valence-electron chi connectivity index (χ2n) is 6.70. The normalized spacial score (nSPS) is 12.0. The quantitative estimate of drug-likeness (QED) is 0.383. The summed E-state index contributed by atoms with van der Waals surface area (Å²) in [6.45, 7) is 1.68. The first kappa shape index (κ1) is 21.2. The summed E-state index contributed by atoms with van der Waals surface area (Å²) >= 11 is 2.84. The zero-order valence-electron chi connectivity index (χ0n) is 16.5. The van der Waals surface area contributed by atoms with Gasteiger partial charge in [-0.3, -0.25) is 9.36 Å². The maximum atomic E-state index is 13.9. The van der Waals surface area contributed by atoms with Crippen LogP contribution in [0, 0.1) is 11.6 Å². The summed E-state index contributed by atoms with van der Waals surface area (Å²) < 4.78 is 29.2. The predicted octanol–water partition coefficient (Wildman–Crippen LogP) is 5.32. The number of thiophene rings is 1. The van der Waals surface area contributed by atoms with Crippen molar-refractivity contribution < 1.29 is 13.6 Å². The van der Waals surface area contributed by atoms with Gasteiger partial charge in [-0.1, -0.05) is 36.0 Å². The van der Waals surface area contributed by atoms with Crippen LogP contribution in [0.1, 0.15) is 17.6 Å². The average Bonchev–Trinajstić information content (AvgIpc) is 3.41. The van der Waals surface area contributed by atoms with E-state index in [2.05, 4.69) is 15.5 Å². The number of carbonyl (C=O) groups is 1. The van der Waals surface area contributed by atoms with Gasteiger partial charge < -0.3 is 5.32 Å². The Morgan fingerprint density at radius 1 is 1.13 bits per heavy atom. The second kappa shape index (κ2) is 9.40. The van der Waals surface area contributed by atoms with Crippen LogP contribution in [-0.2, 0) is 11.2 Å². The van der Waals surface area contributed by atoms with Crippen LogP contribution < -0.4 is 5.32 Å². The molecule has 9 heteroatoms. The van der Waals surface area contributed by atoms with E-state index in [1.807, 2.05) is 52.4 Å². The third-order valence-corrected chi connectivity index (χ3v) is 6.38. The van der Waals surface area contributed by atoms with Gasteiger partial charge in [-0.05, 0) is 42.6 Å². The van der Waals surface area contributed by atoms with Gasteiger partial charge >= 0.3 is 0 Å². The van der Waals surface area contributed by atoms with Gasteiger partial charge in [0.25, 0.3) is 0 Å². The van der Waals surface area contributed by atoms with E-state index < -0.39 is 22.8 Å². The summed E-state index contributed by atoms with van der Waals surface area (Å²) in [5.41, 5.74) is 0.686. The number of benzene rings is 2. The number of rotatable bonds is 7. The second-order valence-corrected chi connectivity index (χ2v) is 9.04. The number of amides is 1. The van der Waals surface area contributed by atoms with Gasteiger partial charge in [0.05, 0.1) is 10.9 Å². The molecule has 4 aromatic rings. The molecule has 0 radical (unpaired) electrons. The molecule has 1 unspecified atom stereocenters. The zero-order chi connectivity index (χ0) is 21.8. The first-order valence-corrected chi connectivity index (χ1v) is 11.2. The molecule has 4 rings (SSSR count). The fourth-order valence-electron chi connectivity index (χ4n) is 2.94. The Kier molecular flexibility index (Phi) is 6.43. The van der Waals surface area contributed by atoms with Crippen LogP contribution >= 0.6 is 23.1 Å². The van der Waals surface area contributed by atoms with Gasteiger partial charge in [-0.15, -0.1) is 21.5 Å². The van der Waals surface area contributed by atoms with Crippen LogP contribution in [0.25, 0.3) is 5.69 Å². The average molecular weight is 457 g/mol. The molecule has 2 aromatic heterocycles. The van der Waals surface area contributed by atoms with Gasteiger partial charge in [0.1, 0.15) is 17.5 Å². The van der Waals surface area contributed by atoms with Crippen molar-refractivity contribution in [3.8, 4) is 5.69 Å². The summed E-state index contributed by atoms with van der Waals surface area (Å²) in [5.74, 6) is -1.03. The van der Waals surface area contributed by atoms with Crippen molar-refractivity contribution in [2.45, 2.75) is 23.8 Å². The van der Waals surface area contributed by atoms with Crippen LogP contribution in [0.4, 0.5) is 14.5 Å². The summed E-state index contributed by atoms with van der Waals surface area (Å²) in [6, 6.07) is 16.6. The minimum Gasteiger partial charge on any atom is -0.323 e. The highest BCUT2D eigenvalue weighted by Crippen LogP contribution is 2.28. The van der Waals surface area contributed by atoms with E-state index >= 15 is 0 Å². The Morgan fingerprint density at radius 2 is 1.94 bits per heavy atom. The molecule has 1 atom stereocenters. The van der Waals surface area contributed by atoms with Crippen LogP contribution in [0.5, 0.6) is 0 Å². The van der Waals surface area contributed by atoms with E-state index in [1.165, 1.54) is 11.8 Å². The molecule has 0 saturated heterocycles. The molecule has 0 saturated carbocycles. The van der Waals surface area contributed by atoms with E-state index in [9.17, 15) is 13.6 Å². The number of para-hydroxylation sites is 1. The van der Waals surface area contributed by atoms with Crippen molar-refractivity contribution in [1.29, 1.82) is 0 Å². The minimum absolute atomic E-state index is 0.194. The summed E-state index contributed by atoms with van der Waals surface area (Å²) in [5, 5.41) is 13.0. The van der Waals surface area contributed by atoms with Crippen LogP contribution in [-0.4, -0.2) is 25.9 Å². The number of hydrogen-bond acceptors (Lipinski definition) is 5. The topological polar surface area (TPSA) is 59.8 Å². The zero-order valence-corrected chi connectivity index (χ0v) is 18.1. The van der Waals surface area contributed by atoms with Gasteiger partial charge in [-0.25, -0.2) is 8.78 Å². The summed E-state index contributed by atoms with van der Waals surface area (Å²) in [4.78, 5) is 13.8. The molecule has 0 spiro atoms. The Morgan fingerprint density at radius 3 is 2.68 bits per heavy atom. The summed E-state index contributed by atoms with van der Waals surface area (Å²) in [6.07, 6.45) is 0.606. The molecule has 5 nitrogen and oxygen atoms in total. The molecule has 0 fully saturated rings. The lowest BCUT2D eigenvalue weighted by molar-refractivity contribution is -0.115. The van der Waals surface area contributed by atoms with Gasteiger partial charge in [-0.2, -0.15) is 0 Å². The third kappa shape index (κ3) is 5.00. The number of nitrogens with one attached hydrogen (secondary N) is 1. The van der Waals surface area contributed by atoms with Gasteiger partial charge in [0.2, 0.25) is 5.91 Å². The molecule has 0 bridgehead atoms. The van der Waals surface area contributed by atoms with E-state index in [1.54, 1.807) is 18.3 Å². The highest BCUT2D eigenvalue weighted by Gasteiger charge is 2.22. The number of carbonyl (C=O) groups excluding carboxylic acids is 1. The lowest BCUT2D eigenvalue weighted by Crippen LogP contribution is -2.23. The van der Waals surface area contributed by atoms with Crippen LogP contribution in [0.2, 0.25) is 0 Å². The van der Waals surface area contributed by atoms with Gasteiger partial charge in [0.15, 0.2) is 5.16 Å². The standard InChI is InChI=1S/C22H18F2N4OS2/c1-14(21(29)25-19-12-15(23)9-10-18(19)24)31-22-27-26-20(13-17-8-5-11-30-17)28(22)16-6-3-2-4-7-16/h2-12,14H,13H2,1H3,(H,25,29). The molecule has 0 aliphatic carbocycles. The number of hydrogen-bond donors (Lipinski definition) is 1. The lowest BCUT2D eigenvalue weighted by atomic mass is 10.3. The number of halogens is 2. The van der Waals surface area contributed by atoms with Crippen molar-refractivity contribution in [3.63, 3.8) is 0 Å². The van der Waals surface area contributed by atoms with Gasteiger partial charge in [0, 0.05) is 23.1 Å². The number of anilines is 1. The lowest BCUT2D eigenvalue weighted by Gasteiger charge is -2.14. The van der Waals surface area contributed by atoms with Crippen molar-refractivity contribution in [1.82, 2.24) is 14.8 Å². The molecule has 2 aromatic carbocycles. The van der Waals surface area contributed by atoms with E-state index in [4.69, 9.17) is 0 Å². The Bertz CT molecular complexity index is 1180. The molecule has 1 N–H and O–H groups in total. The maximum absolute atomic E-state index is 13.9. The van der Waals surface area contributed by atoms with Crippen molar-refractivity contribution in [2.24, 2.45) is 0 Å². The molecule has 0 aliphatic heterocycles. The molecule has 158 valence electrons. The molecule has 0 aliphatic rings. The molecular formula is C22H18F2N4OS2. The number of aromatic nitrogens is 3. The minimum atomic E-state index is -0.697. The number of nitrogens with zero attached hydrogens (tertiary/aromatic N) is 3.